The van der Waals surface area contributed by atoms with Crippen molar-refractivity contribution in [2.45, 2.75) is 6.42 Å². The van der Waals surface area contributed by atoms with Crippen molar-refractivity contribution in [1.29, 1.82) is 0 Å². The maximum absolute atomic E-state index is 5.48. The summed E-state index contributed by atoms with van der Waals surface area (Å²) in [6, 6.07) is 14.2. The van der Waals surface area contributed by atoms with E-state index in [9.17, 15) is 0 Å². The van der Waals surface area contributed by atoms with Crippen molar-refractivity contribution in [3.8, 4) is 11.5 Å². The molecule has 1 aliphatic heterocycles. The molecule has 1 fully saturated rings. The predicted molar refractivity (Wildman–Crippen MR) is 128 cm³/mol. The summed E-state index contributed by atoms with van der Waals surface area (Å²) in [5.41, 5.74) is 3.20. The Kier molecular flexibility index (Phi) is 5.89. The predicted octanol–water partition coefficient (Wildman–Crippen LogP) is 3.35. The summed E-state index contributed by atoms with van der Waals surface area (Å²) in [5, 5.41) is 0.949. The zero-order valence-corrected chi connectivity index (χ0v) is 18.8. The van der Waals surface area contributed by atoms with Gasteiger partial charge in [-0.05, 0) is 17.2 Å². The van der Waals surface area contributed by atoms with Gasteiger partial charge in [-0.25, -0.2) is 19.9 Å². The van der Waals surface area contributed by atoms with Crippen LogP contribution < -0.4 is 19.3 Å². The Morgan fingerprint density at radius 3 is 2.12 bits per heavy atom. The monoisotopic (exact) mass is 442 g/mol. The third-order valence-corrected chi connectivity index (χ3v) is 5.92. The molecule has 2 aromatic heterocycles. The molecular formula is C25H26N6O2. The molecule has 2 aromatic carbocycles. The summed E-state index contributed by atoms with van der Waals surface area (Å²) in [5.74, 6) is 3.00. The van der Waals surface area contributed by atoms with Crippen LogP contribution in [0.5, 0.6) is 11.5 Å². The molecule has 3 heterocycles. The van der Waals surface area contributed by atoms with Gasteiger partial charge in [-0.1, -0.05) is 30.3 Å². The normalized spacial score (nSPS) is 13.9. The van der Waals surface area contributed by atoms with Crippen LogP contribution in [0.4, 0.5) is 11.8 Å². The number of nitrogens with zero attached hydrogens (tertiary/aromatic N) is 6. The smallest absolute Gasteiger partial charge is 0.225 e. The molecule has 0 bridgehead atoms. The second-order valence-electron chi connectivity index (χ2n) is 7.95. The molecule has 8 nitrogen and oxygen atoms in total. The Balaban J connectivity index is 1.29. The number of hydrogen-bond donors (Lipinski definition) is 0. The summed E-state index contributed by atoms with van der Waals surface area (Å²) in [6.45, 7) is 3.26. The Hall–Kier alpha value is -3.94. The molecule has 0 unspecified atom stereocenters. The quantitative estimate of drug-likeness (QED) is 0.450. The molecule has 0 saturated carbocycles. The first-order chi connectivity index (χ1) is 16.2. The van der Waals surface area contributed by atoms with Gasteiger partial charge in [0.25, 0.3) is 0 Å². The van der Waals surface area contributed by atoms with E-state index in [2.05, 4.69) is 54.0 Å². The number of rotatable bonds is 6. The van der Waals surface area contributed by atoms with Crippen LogP contribution in [0.25, 0.3) is 10.9 Å². The minimum absolute atomic E-state index is 0.660. The van der Waals surface area contributed by atoms with Crippen LogP contribution in [-0.2, 0) is 6.42 Å². The highest BCUT2D eigenvalue weighted by Crippen LogP contribution is 2.35. The van der Waals surface area contributed by atoms with Crippen molar-refractivity contribution in [3.05, 3.63) is 72.3 Å². The third kappa shape index (κ3) is 4.37. The number of piperazine rings is 1. The van der Waals surface area contributed by atoms with Crippen LogP contribution in [0.1, 0.15) is 11.1 Å². The first-order valence-electron chi connectivity index (χ1n) is 11.0. The number of benzene rings is 2. The number of ether oxygens (including phenoxy) is 2. The lowest BCUT2D eigenvalue weighted by Gasteiger charge is -2.35. The second-order valence-corrected chi connectivity index (χ2v) is 7.95. The lowest BCUT2D eigenvalue weighted by Crippen LogP contribution is -2.47. The molecule has 0 spiro atoms. The van der Waals surface area contributed by atoms with Gasteiger partial charge in [0.15, 0.2) is 11.5 Å². The number of hydrogen-bond acceptors (Lipinski definition) is 8. The van der Waals surface area contributed by atoms with Gasteiger partial charge in [0.2, 0.25) is 5.95 Å². The summed E-state index contributed by atoms with van der Waals surface area (Å²) >= 11 is 0. The van der Waals surface area contributed by atoms with Gasteiger partial charge in [0, 0.05) is 56.4 Å². The molecule has 0 aliphatic carbocycles. The van der Waals surface area contributed by atoms with Gasteiger partial charge in [-0.2, -0.15) is 0 Å². The fraction of sp³-hybridized carbons (Fsp3) is 0.280. The molecule has 0 amide bonds. The highest BCUT2D eigenvalue weighted by Gasteiger charge is 2.22. The maximum atomic E-state index is 5.48. The average Bonchev–Trinajstić information content (AvgIpc) is 2.88. The van der Waals surface area contributed by atoms with E-state index in [1.165, 1.54) is 5.56 Å². The van der Waals surface area contributed by atoms with Crippen molar-refractivity contribution >= 4 is 22.7 Å². The van der Waals surface area contributed by atoms with E-state index >= 15 is 0 Å². The van der Waals surface area contributed by atoms with Gasteiger partial charge in [-0.3, -0.25) is 0 Å². The van der Waals surface area contributed by atoms with Crippen molar-refractivity contribution < 1.29 is 9.47 Å². The fourth-order valence-electron chi connectivity index (χ4n) is 4.17. The van der Waals surface area contributed by atoms with Gasteiger partial charge in [0.1, 0.15) is 12.1 Å². The van der Waals surface area contributed by atoms with Gasteiger partial charge >= 0.3 is 0 Å². The second kappa shape index (κ2) is 9.28. The molecule has 0 N–H and O–H groups in total. The summed E-state index contributed by atoms with van der Waals surface area (Å²) in [4.78, 5) is 22.7. The number of aromatic nitrogens is 4. The van der Waals surface area contributed by atoms with Crippen LogP contribution >= 0.6 is 0 Å². The largest absolute Gasteiger partial charge is 0.493 e. The van der Waals surface area contributed by atoms with E-state index in [4.69, 9.17) is 9.47 Å². The Labute approximate surface area is 192 Å². The Bertz CT molecular complexity index is 1230. The molecule has 5 rings (SSSR count). The summed E-state index contributed by atoms with van der Waals surface area (Å²) < 4.78 is 10.9. The highest BCUT2D eigenvalue weighted by atomic mass is 16.5. The van der Waals surface area contributed by atoms with Crippen molar-refractivity contribution in [1.82, 2.24) is 19.9 Å². The van der Waals surface area contributed by atoms with Crippen LogP contribution in [0.15, 0.2) is 61.2 Å². The van der Waals surface area contributed by atoms with Gasteiger partial charge in [-0.15, -0.1) is 0 Å². The first-order valence-corrected chi connectivity index (χ1v) is 11.0. The van der Waals surface area contributed by atoms with E-state index in [1.807, 2.05) is 30.6 Å². The van der Waals surface area contributed by atoms with Gasteiger partial charge < -0.3 is 19.3 Å². The third-order valence-electron chi connectivity index (χ3n) is 5.92. The van der Waals surface area contributed by atoms with Crippen LogP contribution in [0, 0.1) is 0 Å². The molecule has 33 heavy (non-hydrogen) atoms. The van der Waals surface area contributed by atoms with E-state index in [-0.39, 0.29) is 0 Å². The van der Waals surface area contributed by atoms with Crippen molar-refractivity contribution in [3.63, 3.8) is 0 Å². The molecule has 1 aliphatic rings. The Morgan fingerprint density at radius 2 is 1.42 bits per heavy atom. The minimum atomic E-state index is 0.660. The number of anilines is 2. The van der Waals surface area contributed by atoms with E-state index in [0.717, 1.165) is 60.8 Å². The first kappa shape index (κ1) is 20.9. The molecule has 1 saturated heterocycles. The average molecular weight is 443 g/mol. The van der Waals surface area contributed by atoms with Crippen molar-refractivity contribution in [2.24, 2.45) is 0 Å². The summed E-state index contributed by atoms with van der Waals surface area (Å²) in [7, 11) is 3.26. The molecule has 0 atom stereocenters. The molecule has 8 heteroatoms. The lowest BCUT2D eigenvalue weighted by atomic mass is 10.1. The SMILES string of the molecule is COc1cc2ncnc(N3CCN(c4ncc(Cc5ccccc5)cn4)CC3)c2cc1OC. The number of methoxy groups -OCH3 is 2. The van der Waals surface area contributed by atoms with Gasteiger partial charge in [0.05, 0.1) is 19.7 Å². The highest BCUT2D eigenvalue weighted by molar-refractivity contribution is 5.92. The fourth-order valence-corrected chi connectivity index (χ4v) is 4.17. The topological polar surface area (TPSA) is 76.5 Å². The summed E-state index contributed by atoms with van der Waals surface area (Å²) in [6.07, 6.45) is 6.30. The molecule has 0 radical (unpaired) electrons. The Morgan fingerprint density at radius 1 is 0.758 bits per heavy atom. The molecular weight excluding hydrogens is 416 g/mol. The molecule has 4 aromatic rings. The van der Waals surface area contributed by atoms with E-state index < -0.39 is 0 Å². The van der Waals surface area contributed by atoms with E-state index in [0.29, 0.717) is 11.5 Å². The van der Waals surface area contributed by atoms with Crippen LogP contribution in [0.3, 0.4) is 0 Å². The lowest BCUT2D eigenvalue weighted by molar-refractivity contribution is 0.356. The van der Waals surface area contributed by atoms with Crippen LogP contribution in [0.2, 0.25) is 0 Å². The van der Waals surface area contributed by atoms with Crippen LogP contribution in [-0.4, -0.2) is 60.3 Å². The number of fused-ring (bicyclic) bond motifs is 1. The zero-order valence-electron chi connectivity index (χ0n) is 18.8. The van der Waals surface area contributed by atoms with Crippen molar-refractivity contribution in [2.75, 3.05) is 50.2 Å². The van der Waals surface area contributed by atoms with E-state index in [1.54, 1.807) is 20.5 Å². The standard InChI is InChI=1S/C25H26N6O2/c1-32-22-13-20-21(14-23(22)33-2)28-17-29-24(20)30-8-10-31(11-9-30)25-26-15-19(16-27-25)12-18-6-4-3-5-7-18/h3-7,13-17H,8-12H2,1-2H3. The molecule has 168 valence electrons. The zero-order chi connectivity index (χ0) is 22.6. The maximum Gasteiger partial charge on any atom is 0.225 e. The minimum Gasteiger partial charge on any atom is -0.493 e.